The quantitative estimate of drug-likeness (QED) is 0.799. The summed E-state index contributed by atoms with van der Waals surface area (Å²) < 4.78 is 5.52. The standard InChI is InChI=1S/C17H21NO/c1-19-17-9-8-14-4-2-3-5-15(14)16(17)10-11-18-12-13-6-7-13/h2-5,8-9,13,18H,6-7,10-12H2,1H3. The Morgan fingerprint density at radius 3 is 2.79 bits per heavy atom. The first-order chi connectivity index (χ1) is 9.38. The third-order valence-corrected chi connectivity index (χ3v) is 3.90. The Morgan fingerprint density at radius 2 is 2.00 bits per heavy atom. The van der Waals surface area contributed by atoms with E-state index in [4.69, 9.17) is 4.74 Å². The molecule has 0 radical (unpaired) electrons. The molecule has 1 aliphatic rings. The van der Waals surface area contributed by atoms with Crippen LogP contribution < -0.4 is 10.1 Å². The lowest BCUT2D eigenvalue weighted by Crippen LogP contribution is -2.20. The number of benzene rings is 2. The fraction of sp³-hybridized carbons (Fsp3) is 0.412. The van der Waals surface area contributed by atoms with E-state index >= 15 is 0 Å². The molecule has 19 heavy (non-hydrogen) atoms. The first-order valence-corrected chi connectivity index (χ1v) is 7.14. The van der Waals surface area contributed by atoms with Crippen molar-refractivity contribution in [2.75, 3.05) is 20.2 Å². The highest BCUT2D eigenvalue weighted by Crippen LogP contribution is 2.29. The van der Waals surface area contributed by atoms with Gasteiger partial charge in [0.15, 0.2) is 0 Å². The zero-order valence-electron chi connectivity index (χ0n) is 11.5. The molecule has 2 aromatic carbocycles. The first kappa shape index (κ1) is 12.5. The maximum Gasteiger partial charge on any atom is 0.122 e. The van der Waals surface area contributed by atoms with Crippen molar-refractivity contribution in [3.63, 3.8) is 0 Å². The Labute approximate surface area is 114 Å². The van der Waals surface area contributed by atoms with E-state index in [0.717, 1.165) is 24.6 Å². The molecule has 0 heterocycles. The van der Waals surface area contributed by atoms with Crippen LogP contribution >= 0.6 is 0 Å². The van der Waals surface area contributed by atoms with E-state index in [1.807, 2.05) is 0 Å². The van der Waals surface area contributed by atoms with Gasteiger partial charge in [-0.1, -0.05) is 30.3 Å². The van der Waals surface area contributed by atoms with Crippen molar-refractivity contribution in [3.8, 4) is 5.75 Å². The van der Waals surface area contributed by atoms with Crippen LogP contribution in [0.3, 0.4) is 0 Å². The van der Waals surface area contributed by atoms with Crippen molar-refractivity contribution in [2.24, 2.45) is 5.92 Å². The third-order valence-electron chi connectivity index (χ3n) is 3.90. The minimum atomic E-state index is 0.939. The summed E-state index contributed by atoms with van der Waals surface area (Å²) in [5.74, 6) is 1.95. The van der Waals surface area contributed by atoms with Gasteiger partial charge in [-0.15, -0.1) is 0 Å². The van der Waals surface area contributed by atoms with Crippen LogP contribution in [0, 0.1) is 5.92 Å². The molecule has 2 heteroatoms. The smallest absolute Gasteiger partial charge is 0.122 e. The molecule has 0 spiro atoms. The highest BCUT2D eigenvalue weighted by atomic mass is 16.5. The number of hydrogen-bond acceptors (Lipinski definition) is 2. The average molecular weight is 255 g/mol. The molecule has 0 saturated heterocycles. The Balaban J connectivity index is 1.77. The zero-order chi connectivity index (χ0) is 13.1. The van der Waals surface area contributed by atoms with Crippen molar-refractivity contribution in [2.45, 2.75) is 19.3 Å². The van der Waals surface area contributed by atoms with E-state index in [0.29, 0.717) is 0 Å². The van der Waals surface area contributed by atoms with E-state index in [-0.39, 0.29) is 0 Å². The summed E-state index contributed by atoms with van der Waals surface area (Å²) in [7, 11) is 1.76. The van der Waals surface area contributed by atoms with Gasteiger partial charge in [-0.2, -0.15) is 0 Å². The van der Waals surface area contributed by atoms with Gasteiger partial charge in [0.25, 0.3) is 0 Å². The van der Waals surface area contributed by atoms with Gasteiger partial charge in [0.05, 0.1) is 7.11 Å². The predicted octanol–water partition coefficient (Wildman–Crippen LogP) is 3.39. The van der Waals surface area contributed by atoms with Crippen LogP contribution in [0.4, 0.5) is 0 Å². The normalized spacial score (nSPS) is 14.8. The molecular formula is C17H21NO. The number of fused-ring (bicyclic) bond motifs is 1. The minimum Gasteiger partial charge on any atom is -0.496 e. The van der Waals surface area contributed by atoms with Crippen molar-refractivity contribution in [1.29, 1.82) is 0 Å². The molecule has 1 aliphatic carbocycles. The summed E-state index contributed by atoms with van der Waals surface area (Å²) in [6.45, 7) is 2.20. The molecular weight excluding hydrogens is 234 g/mol. The highest BCUT2D eigenvalue weighted by Gasteiger charge is 2.20. The van der Waals surface area contributed by atoms with Crippen molar-refractivity contribution < 1.29 is 4.74 Å². The number of methoxy groups -OCH3 is 1. The predicted molar refractivity (Wildman–Crippen MR) is 79.8 cm³/mol. The van der Waals surface area contributed by atoms with E-state index < -0.39 is 0 Å². The molecule has 0 aromatic heterocycles. The fourth-order valence-electron chi connectivity index (χ4n) is 2.61. The van der Waals surface area contributed by atoms with E-state index in [2.05, 4.69) is 41.7 Å². The Hall–Kier alpha value is -1.54. The van der Waals surface area contributed by atoms with Gasteiger partial charge in [0, 0.05) is 5.56 Å². The molecule has 1 N–H and O–H groups in total. The maximum absolute atomic E-state index is 5.52. The molecule has 2 aromatic rings. The van der Waals surface area contributed by atoms with E-state index in [1.165, 1.54) is 35.7 Å². The highest BCUT2D eigenvalue weighted by molar-refractivity contribution is 5.87. The van der Waals surface area contributed by atoms with Crippen LogP contribution in [0.1, 0.15) is 18.4 Å². The van der Waals surface area contributed by atoms with Gasteiger partial charge in [0.2, 0.25) is 0 Å². The van der Waals surface area contributed by atoms with Crippen LogP contribution in [-0.4, -0.2) is 20.2 Å². The molecule has 0 unspecified atom stereocenters. The summed E-state index contributed by atoms with van der Waals surface area (Å²) in [5, 5.41) is 6.16. The third kappa shape index (κ3) is 2.90. The number of hydrogen-bond donors (Lipinski definition) is 1. The molecule has 3 rings (SSSR count). The van der Waals surface area contributed by atoms with Gasteiger partial charge < -0.3 is 10.1 Å². The average Bonchev–Trinajstić information content (AvgIpc) is 3.27. The van der Waals surface area contributed by atoms with Crippen LogP contribution in [0.15, 0.2) is 36.4 Å². The summed E-state index contributed by atoms with van der Waals surface area (Å²) >= 11 is 0. The summed E-state index contributed by atoms with van der Waals surface area (Å²) in [6, 6.07) is 12.8. The fourth-order valence-corrected chi connectivity index (χ4v) is 2.61. The molecule has 0 aliphatic heterocycles. The van der Waals surface area contributed by atoms with Gasteiger partial charge in [-0.3, -0.25) is 0 Å². The largest absolute Gasteiger partial charge is 0.496 e. The lowest BCUT2D eigenvalue weighted by atomic mass is 10.0. The van der Waals surface area contributed by atoms with Crippen molar-refractivity contribution in [1.82, 2.24) is 5.32 Å². The van der Waals surface area contributed by atoms with Crippen LogP contribution in [-0.2, 0) is 6.42 Å². The van der Waals surface area contributed by atoms with Gasteiger partial charge in [-0.25, -0.2) is 0 Å². The molecule has 2 nitrogen and oxygen atoms in total. The molecule has 0 bridgehead atoms. The number of ether oxygens (including phenoxy) is 1. The second kappa shape index (κ2) is 5.62. The molecule has 1 fully saturated rings. The van der Waals surface area contributed by atoms with Gasteiger partial charge >= 0.3 is 0 Å². The maximum atomic E-state index is 5.52. The number of nitrogens with one attached hydrogen (secondary N) is 1. The molecule has 1 saturated carbocycles. The number of rotatable bonds is 6. The van der Waals surface area contributed by atoms with E-state index in [1.54, 1.807) is 7.11 Å². The lowest BCUT2D eigenvalue weighted by Gasteiger charge is -2.12. The van der Waals surface area contributed by atoms with Gasteiger partial charge in [-0.05, 0) is 55.1 Å². The topological polar surface area (TPSA) is 21.3 Å². The van der Waals surface area contributed by atoms with E-state index in [9.17, 15) is 0 Å². The van der Waals surface area contributed by atoms with Crippen molar-refractivity contribution in [3.05, 3.63) is 42.0 Å². The Kier molecular flexibility index (Phi) is 3.69. The second-order valence-electron chi connectivity index (χ2n) is 5.37. The van der Waals surface area contributed by atoms with Gasteiger partial charge in [0.1, 0.15) is 5.75 Å². The Morgan fingerprint density at radius 1 is 1.16 bits per heavy atom. The van der Waals surface area contributed by atoms with Crippen molar-refractivity contribution >= 4 is 10.8 Å². The second-order valence-corrected chi connectivity index (χ2v) is 5.37. The Bertz CT molecular complexity index is 560. The zero-order valence-corrected chi connectivity index (χ0v) is 11.5. The van der Waals surface area contributed by atoms with Crippen LogP contribution in [0.25, 0.3) is 10.8 Å². The minimum absolute atomic E-state index is 0.939. The monoisotopic (exact) mass is 255 g/mol. The SMILES string of the molecule is COc1ccc2ccccc2c1CCNCC1CC1. The summed E-state index contributed by atoms with van der Waals surface area (Å²) in [5.41, 5.74) is 1.32. The summed E-state index contributed by atoms with van der Waals surface area (Å²) in [6.07, 6.45) is 3.84. The molecule has 100 valence electrons. The lowest BCUT2D eigenvalue weighted by molar-refractivity contribution is 0.410. The molecule has 0 atom stereocenters. The van der Waals surface area contributed by atoms with Crippen LogP contribution in [0.5, 0.6) is 5.75 Å². The van der Waals surface area contributed by atoms with Crippen LogP contribution in [0.2, 0.25) is 0 Å². The molecule has 0 amide bonds. The summed E-state index contributed by atoms with van der Waals surface area (Å²) in [4.78, 5) is 0. The first-order valence-electron chi connectivity index (χ1n) is 7.14.